The Morgan fingerprint density at radius 1 is 1.50 bits per heavy atom. The van der Waals surface area contributed by atoms with Gasteiger partial charge < -0.3 is 15.2 Å². The van der Waals surface area contributed by atoms with Crippen LogP contribution >= 0.6 is 0 Å². The molecule has 0 saturated carbocycles. The summed E-state index contributed by atoms with van der Waals surface area (Å²) in [5.41, 5.74) is 1.18. The normalized spacial score (nSPS) is 10.6. The van der Waals surface area contributed by atoms with E-state index in [9.17, 15) is 4.79 Å². The van der Waals surface area contributed by atoms with Crippen molar-refractivity contribution in [2.75, 3.05) is 0 Å². The second-order valence-corrected chi connectivity index (χ2v) is 2.87. The minimum absolute atomic E-state index is 0.0103. The summed E-state index contributed by atoms with van der Waals surface area (Å²) in [6, 6.07) is 3.05. The number of carboxylic acids is 1. The highest BCUT2D eigenvalue weighted by molar-refractivity contribution is 5.89. The molecule has 0 aliphatic rings. The van der Waals surface area contributed by atoms with Gasteiger partial charge in [0.15, 0.2) is 5.69 Å². The predicted molar refractivity (Wildman–Crippen MR) is 49.0 cm³/mol. The molecule has 5 nitrogen and oxygen atoms in total. The number of nitrogens with zero attached hydrogens (tertiary/aromatic N) is 1. The number of aromatic carboxylic acids is 1. The van der Waals surface area contributed by atoms with Gasteiger partial charge in [0.1, 0.15) is 5.65 Å². The van der Waals surface area contributed by atoms with E-state index in [1.165, 1.54) is 6.07 Å². The van der Waals surface area contributed by atoms with Crippen molar-refractivity contribution in [1.82, 2.24) is 9.97 Å². The Labute approximate surface area is 79.0 Å². The first-order valence-electron chi connectivity index (χ1n) is 4.03. The van der Waals surface area contributed by atoms with Crippen LogP contribution in [-0.2, 0) is 6.61 Å². The minimum Gasteiger partial charge on any atom is -0.477 e. The maximum Gasteiger partial charge on any atom is 0.354 e. The highest BCUT2D eigenvalue weighted by atomic mass is 16.4. The summed E-state index contributed by atoms with van der Waals surface area (Å²) in [5.74, 6) is -1.06. The van der Waals surface area contributed by atoms with E-state index in [0.717, 1.165) is 5.39 Å². The van der Waals surface area contributed by atoms with Gasteiger partial charge in [-0.3, -0.25) is 0 Å². The lowest BCUT2D eigenvalue weighted by Crippen LogP contribution is -1.99. The molecule has 3 N–H and O–H groups in total. The molecule has 2 aromatic rings. The first kappa shape index (κ1) is 8.71. The summed E-state index contributed by atoms with van der Waals surface area (Å²) < 4.78 is 0. The van der Waals surface area contributed by atoms with Crippen LogP contribution in [0.5, 0.6) is 0 Å². The quantitative estimate of drug-likeness (QED) is 0.655. The molecule has 14 heavy (non-hydrogen) atoms. The van der Waals surface area contributed by atoms with Crippen molar-refractivity contribution in [2.24, 2.45) is 0 Å². The third-order valence-corrected chi connectivity index (χ3v) is 2.01. The van der Waals surface area contributed by atoms with E-state index in [0.29, 0.717) is 11.2 Å². The van der Waals surface area contributed by atoms with Crippen LogP contribution in [0.2, 0.25) is 0 Å². The number of rotatable bonds is 2. The molecule has 0 fully saturated rings. The number of aliphatic hydroxyl groups excluding tert-OH is 1. The van der Waals surface area contributed by atoms with Gasteiger partial charge in [-0.25, -0.2) is 9.78 Å². The molecule has 72 valence electrons. The van der Waals surface area contributed by atoms with Crippen LogP contribution in [0.4, 0.5) is 0 Å². The number of aliphatic hydroxyl groups is 1. The molecule has 0 radical (unpaired) electrons. The molecular weight excluding hydrogens is 184 g/mol. The smallest absolute Gasteiger partial charge is 0.354 e. The summed E-state index contributed by atoms with van der Waals surface area (Å²) in [7, 11) is 0. The molecule has 0 aliphatic heterocycles. The van der Waals surface area contributed by atoms with Crippen molar-refractivity contribution < 1.29 is 15.0 Å². The maximum absolute atomic E-state index is 10.6. The van der Waals surface area contributed by atoms with Crippen molar-refractivity contribution in [3.05, 3.63) is 29.6 Å². The van der Waals surface area contributed by atoms with E-state index < -0.39 is 5.97 Å². The van der Waals surface area contributed by atoms with Crippen molar-refractivity contribution in [2.45, 2.75) is 6.61 Å². The monoisotopic (exact) mass is 192 g/mol. The Balaban J connectivity index is 2.63. The second-order valence-electron chi connectivity index (χ2n) is 2.87. The zero-order valence-electron chi connectivity index (χ0n) is 7.19. The van der Waals surface area contributed by atoms with E-state index in [4.69, 9.17) is 10.2 Å². The van der Waals surface area contributed by atoms with E-state index in [1.54, 1.807) is 12.3 Å². The summed E-state index contributed by atoms with van der Waals surface area (Å²) in [5, 5.41) is 18.4. The number of pyridine rings is 1. The van der Waals surface area contributed by atoms with Crippen molar-refractivity contribution in [3.8, 4) is 0 Å². The maximum atomic E-state index is 10.6. The van der Waals surface area contributed by atoms with Crippen molar-refractivity contribution in [3.63, 3.8) is 0 Å². The van der Waals surface area contributed by atoms with E-state index in [2.05, 4.69) is 9.97 Å². The topological polar surface area (TPSA) is 86.2 Å². The Morgan fingerprint density at radius 2 is 2.29 bits per heavy atom. The number of nitrogens with one attached hydrogen (secondary N) is 1. The van der Waals surface area contributed by atoms with Gasteiger partial charge in [-0.15, -0.1) is 0 Å². The van der Waals surface area contributed by atoms with Gasteiger partial charge in [0.25, 0.3) is 0 Å². The Kier molecular flexibility index (Phi) is 1.94. The number of fused-ring (bicyclic) bond motifs is 1. The number of aromatic amines is 1. The van der Waals surface area contributed by atoms with E-state index in [-0.39, 0.29) is 12.3 Å². The van der Waals surface area contributed by atoms with Crippen LogP contribution in [0.15, 0.2) is 18.3 Å². The predicted octanol–water partition coefficient (Wildman–Crippen LogP) is 0.753. The first-order chi connectivity index (χ1) is 6.72. The molecule has 0 aliphatic carbocycles. The highest BCUT2D eigenvalue weighted by Crippen LogP contribution is 2.16. The second kappa shape index (κ2) is 3.12. The largest absolute Gasteiger partial charge is 0.477 e. The fourth-order valence-electron chi connectivity index (χ4n) is 1.31. The number of H-pyrrole nitrogens is 1. The molecule has 0 spiro atoms. The fraction of sp³-hybridized carbons (Fsp3) is 0.111. The van der Waals surface area contributed by atoms with Crippen molar-refractivity contribution in [1.29, 1.82) is 0 Å². The number of hydrogen-bond donors (Lipinski definition) is 3. The lowest BCUT2D eigenvalue weighted by Gasteiger charge is -1.94. The summed E-state index contributed by atoms with van der Waals surface area (Å²) >= 11 is 0. The molecule has 0 amide bonds. The number of aromatic nitrogens is 2. The van der Waals surface area contributed by atoms with Gasteiger partial charge in [-0.1, -0.05) is 0 Å². The molecule has 2 rings (SSSR count). The van der Waals surface area contributed by atoms with Crippen LogP contribution in [0, 0.1) is 0 Å². The van der Waals surface area contributed by atoms with Crippen LogP contribution in [0.3, 0.4) is 0 Å². The molecule has 0 atom stereocenters. The molecular formula is C9H8N2O3. The summed E-state index contributed by atoms with van der Waals surface area (Å²) in [6.07, 6.45) is 1.61. The van der Waals surface area contributed by atoms with Gasteiger partial charge >= 0.3 is 5.97 Å². The Morgan fingerprint density at radius 3 is 2.93 bits per heavy atom. The minimum atomic E-state index is -1.06. The van der Waals surface area contributed by atoms with Gasteiger partial charge in [0.05, 0.1) is 6.61 Å². The molecule has 5 heteroatoms. The van der Waals surface area contributed by atoms with Crippen LogP contribution in [0.1, 0.15) is 16.1 Å². The first-order valence-corrected chi connectivity index (χ1v) is 4.03. The van der Waals surface area contributed by atoms with Gasteiger partial charge in [0, 0.05) is 17.1 Å². The molecule has 2 heterocycles. The highest BCUT2D eigenvalue weighted by Gasteiger charge is 2.08. The standard InChI is InChI=1S/C9H8N2O3/c12-4-5-3-10-8-6(5)1-2-7(11-8)9(13)14/h1-3,12H,4H2,(H,10,11)(H,13,14). The lowest BCUT2D eigenvalue weighted by atomic mass is 10.2. The third kappa shape index (κ3) is 1.23. The lowest BCUT2D eigenvalue weighted by molar-refractivity contribution is 0.0691. The fourth-order valence-corrected chi connectivity index (χ4v) is 1.31. The summed E-state index contributed by atoms with van der Waals surface area (Å²) in [4.78, 5) is 17.3. The van der Waals surface area contributed by atoms with Gasteiger partial charge in [-0.2, -0.15) is 0 Å². The van der Waals surface area contributed by atoms with Crippen LogP contribution < -0.4 is 0 Å². The Hall–Kier alpha value is -1.88. The molecule has 0 aromatic carbocycles. The SMILES string of the molecule is O=C(O)c1ccc2c(CO)c[nH]c2n1. The van der Waals surface area contributed by atoms with Gasteiger partial charge in [-0.05, 0) is 12.1 Å². The molecule has 0 bridgehead atoms. The van der Waals surface area contributed by atoms with E-state index >= 15 is 0 Å². The van der Waals surface area contributed by atoms with Crippen LogP contribution in [0.25, 0.3) is 11.0 Å². The number of carboxylic acid groups (broad SMARTS) is 1. The summed E-state index contributed by atoms with van der Waals surface area (Å²) in [6.45, 7) is -0.0892. The molecule has 0 saturated heterocycles. The number of carbonyl (C=O) groups is 1. The average Bonchev–Trinajstić information content (AvgIpc) is 2.59. The Bertz CT molecular complexity index is 490. The third-order valence-electron chi connectivity index (χ3n) is 2.01. The van der Waals surface area contributed by atoms with E-state index in [1.807, 2.05) is 0 Å². The zero-order valence-corrected chi connectivity index (χ0v) is 7.19. The number of hydrogen-bond acceptors (Lipinski definition) is 3. The molecule has 0 unspecified atom stereocenters. The molecule has 2 aromatic heterocycles. The zero-order chi connectivity index (χ0) is 10.1. The van der Waals surface area contributed by atoms with Crippen LogP contribution in [-0.4, -0.2) is 26.2 Å². The average molecular weight is 192 g/mol. The van der Waals surface area contributed by atoms with Gasteiger partial charge in [0.2, 0.25) is 0 Å². The van der Waals surface area contributed by atoms with Crippen molar-refractivity contribution >= 4 is 17.0 Å².